The second kappa shape index (κ2) is 10.1. The maximum Gasteiger partial charge on any atom is 0.252 e. The van der Waals surface area contributed by atoms with Gasteiger partial charge in [-0.3, -0.25) is 4.79 Å². The van der Waals surface area contributed by atoms with Crippen LogP contribution in [0.15, 0.2) is 53.3 Å². The van der Waals surface area contributed by atoms with Gasteiger partial charge in [-0.1, -0.05) is 41.1 Å². The van der Waals surface area contributed by atoms with Crippen LogP contribution in [0.4, 0.5) is 0 Å². The van der Waals surface area contributed by atoms with Crippen LogP contribution in [-0.2, 0) is 4.79 Å². The minimum absolute atomic E-state index is 0.00310. The number of amides is 1. The zero-order chi connectivity index (χ0) is 18.9. The van der Waals surface area contributed by atoms with E-state index < -0.39 is 0 Å². The Morgan fingerprint density at radius 3 is 2.78 bits per heavy atom. The largest absolute Gasteiger partial charge is 0.437 e. The lowest BCUT2D eigenvalue weighted by atomic mass is 9.97. The molecular weight excluding hydrogens is 358 g/mol. The highest BCUT2D eigenvalue weighted by molar-refractivity contribution is 8.00. The molecule has 1 aliphatic rings. The number of nitrogens with zero attached hydrogens (tertiary/aromatic N) is 2. The summed E-state index contributed by atoms with van der Waals surface area (Å²) in [5.74, 6) is 1.42. The molecule has 0 aliphatic heterocycles. The van der Waals surface area contributed by atoms with Crippen molar-refractivity contribution >= 4 is 17.7 Å². The fourth-order valence-corrected chi connectivity index (χ4v) is 3.60. The molecule has 0 saturated carbocycles. The molecule has 2 aromatic rings. The normalized spacial score (nSPS) is 13.7. The quantitative estimate of drug-likeness (QED) is 0.530. The average molecular weight is 384 g/mol. The topological polar surface area (TPSA) is 64.1 Å². The molecule has 0 fully saturated rings. The first kappa shape index (κ1) is 19.4. The van der Waals surface area contributed by atoms with E-state index >= 15 is 0 Å². The lowest BCUT2D eigenvalue weighted by molar-refractivity contribution is -0.118. The van der Waals surface area contributed by atoms with E-state index in [0.29, 0.717) is 29.0 Å². The summed E-state index contributed by atoms with van der Waals surface area (Å²) < 4.78 is 5.82. The molecule has 142 valence electrons. The summed E-state index contributed by atoms with van der Waals surface area (Å²) in [5, 5.41) is 3.60. The van der Waals surface area contributed by atoms with Crippen molar-refractivity contribution in [3.05, 3.63) is 53.9 Å². The highest BCUT2D eigenvalue weighted by Crippen LogP contribution is 2.28. The molecular formula is C21H25N3O2S. The minimum Gasteiger partial charge on any atom is -0.437 e. The first-order valence-electron chi connectivity index (χ1n) is 9.33. The van der Waals surface area contributed by atoms with Gasteiger partial charge in [0.1, 0.15) is 5.75 Å². The van der Waals surface area contributed by atoms with Crippen molar-refractivity contribution in [2.45, 2.75) is 44.1 Å². The van der Waals surface area contributed by atoms with E-state index in [4.69, 9.17) is 4.74 Å². The molecule has 1 aliphatic carbocycles. The van der Waals surface area contributed by atoms with Gasteiger partial charge in [0.15, 0.2) is 5.03 Å². The lowest BCUT2D eigenvalue weighted by Gasteiger charge is -2.13. The van der Waals surface area contributed by atoms with Gasteiger partial charge in [0, 0.05) is 18.9 Å². The van der Waals surface area contributed by atoms with Gasteiger partial charge in [0.05, 0.1) is 5.75 Å². The van der Waals surface area contributed by atoms with E-state index in [1.807, 2.05) is 31.2 Å². The summed E-state index contributed by atoms with van der Waals surface area (Å²) in [7, 11) is 0. The second-order valence-corrected chi connectivity index (χ2v) is 7.54. The van der Waals surface area contributed by atoms with Crippen LogP contribution in [0.3, 0.4) is 0 Å². The number of carbonyl (C=O) groups is 1. The summed E-state index contributed by atoms with van der Waals surface area (Å²) in [4.78, 5) is 20.7. The van der Waals surface area contributed by atoms with Crippen molar-refractivity contribution in [2.75, 3.05) is 12.3 Å². The number of rotatable bonds is 8. The van der Waals surface area contributed by atoms with E-state index in [1.54, 1.807) is 12.4 Å². The van der Waals surface area contributed by atoms with Gasteiger partial charge in [-0.25, -0.2) is 9.97 Å². The van der Waals surface area contributed by atoms with E-state index in [1.165, 1.54) is 43.0 Å². The van der Waals surface area contributed by atoms with Crippen LogP contribution in [0.25, 0.3) is 0 Å². The average Bonchev–Trinajstić information content (AvgIpc) is 2.70. The summed E-state index contributed by atoms with van der Waals surface area (Å²) in [6.45, 7) is 2.72. The SMILES string of the molecule is Cc1ccc(Oc2nccnc2SCC(=O)NCCC2=CCCCC2)cc1. The predicted molar refractivity (Wildman–Crippen MR) is 108 cm³/mol. The first-order valence-corrected chi connectivity index (χ1v) is 10.3. The molecule has 0 saturated heterocycles. The van der Waals surface area contributed by atoms with Gasteiger partial charge in [0.25, 0.3) is 5.88 Å². The molecule has 5 nitrogen and oxygen atoms in total. The van der Waals surface area contributed by atoms with Crippen molar-refractivity contribution in [1.82, 2.24) is 15.3 Å². The number of allylic oxidation sites excluding steroid dienone is 1. The van der Waals surface area contributed by atoms with E-state index in [0.717, 1.165) is 12.0 Å². The van der Waals surface area contributed by atoms with Crippen LogP contribution >= 0.6 is 11.8 Å². The van der Waals surface area contributed by atoms with Gasteiger partial charge >= 0.3 is 0 Å². The third-order valence-electron chi connectivity index (χ3n) is 4.36. The van der Waals surface area contributed by atoms with Gasteiger partial charge < -0.3 is 10.1 Å². The van der Waals surface area contributed by atoms with E-state index in [9.17, 15) is 4.79 Å². The smallest absolute Gasteiger partial charge is 0.252 e. The van der Waals surface area contributed by atoms with E-state index in [-0.39, 0.29) is 5.91 Å². The third kappa shape index (κ3) is 6.40. The third-order valence-corrected chi connectivity index (χ3v) is 5.32. The first-order chi connectivity index (χ1) is 13.2. The number of ether oxygens (including phenoxy) is 1. The van der Waals surface area contributed by atoms with Crippen LogP contribution in [0.1, 0.15) is 37.7 Å². The number of aromatic nitrogens is 2. The highest BCUT2D eigenvalue weighted by atomic mass is 32.2. The lowest BCUT2D eigenvalue weighted by Crippen LogP contribution is -2.26. The van der Waals surface area contributed by atoms with Crippen LogP contribution < -0.4 is 10.1 Å². The number of nitrogens with one attached hydrogen (secondary N) is 1. The molecule has 0 atom stereocenters. The standard InChI is InChI=1S/C21H25N3O2S/c1-16-7-9-18(10-8-16)26-20-21(24-14-13-23-20)27-15-19(25)22-12-11-17-5-3-2-4-6-17/h5,7-10,13-14H,2-4,6,11-12,15H2,1H3,(H,22,25). The van der Waals surface area contributed by atoms with Crippen molar-refractivity contribution in [3.8, 4) is 11.6 Å². The van der Waals surface area contributed by atoms with Crippen LogP contribution in [0, 0.1) is 6.92 Å². The number of hydrogen-bond donors (Lipinski definition) is 1. The fourth-order valence-electron chi connectivity index (χ4n) is 2.88. The summed E-state index contributed by atoms with van der Waals surface area (Å²) >= 11 is 1.34. The van der Waals surface area contributed by atoms with Gasteiger partial charge in [-0.15, -0.1) is 0 Å². The molecule has 1 N–H and O–H groups in total. The number of thioether (sulfide) groups is 1. The number of benzene rings is 1. The minimum atomic E-state index is 0.00310. The van der Waals surface area contributed by atoms with Gasteiger partial charge in [-0.2, -0.15) is 0 Å². The highest BCUT2D eigenvalue weighted by Gasteiger charge is 2.11. The zero-order valence-electron chi connectivity index (χ0n) is 15.6. The van der Waals surface area contributed by atoms with E-state index in [2.05, 4.69) is 21.4 Å². The van der Waals surface area contributed by atoms with Crippen molar-refractivity contribution in [3.63, 3.8) is 0 Å². The Morgan fingerprint density at radius 2 is 2.00 bits per heavy atom. The Hall–Kier alpha value is -2.34. The Labute approximate surface area is 164 Å². The van der Waals surface area contributed by atoms with Crippen LogP contribution in [-0.4, -0.2) is 28.2 Å². The summed E-state index contributed by atoms with van der Waals surface area (Å²) in [6, 6.07) is 7.75. The van der Waals surface area contributed by atoms with Crippen LogP contribution in [0.5, 0.6) is 11.6 Å². The maximum absolute atomic E-state index is 12.1. The molecule has 3 rings (SSSR count). The molecule has 1 heterocycles. The fraction of sp³-hybridized carbons (Fsp3) is 0.381. The maximum atomic E-state index is 12.1. The monoisotopic (exact) mass is 383 g/mol. The molecule has 1 aromatic heterocycles. The zero-order valence-corrected chi connectivity index (χ0v) is 16.4. The van der Waals surface area contributed by atoms with Crippen molar-refractivity contribution < 1.29 is 9.53 Å². The predicted octanol–water partition coefficient (Wildman–Crippen LogP) is 4.68. The number of hydrogen-bond acceptors (Lipinski definition) is 5. The number of carbonyl (C=O) groups excluding carboxylic acids is 1. The Kier molecular flexibility index (Phi) is 7.27. The van der Waals surface area contributed by atoms with Crippen LogP contribution in [0.2, 0.25) is 0 Å². The molecule has 0 radical (unpaired) electrons. The summed E-state index contributed by atoms with van der Waals surface area (Å²) in [6.07, 6.45) is 11.4. The van der Waals surface area contributed by atoms with Crippen molar-refractivity contribution in [1.29, 1.82) is 0 Å². The Morgan fingerprint density at radius 1 is 1.19 bits per heavy atom. The molecule has 1 aromatic carbocycles. The number of aryl methyl sites for hydroxylation is 1. The Bertz CT molecular complexity index is 790. The molecule has 0 bridgehead atoms. The second-order valence-electron chi connectivity index (χ2n) is 6.58. The molecule has 6 heteroatoms. The molecule has 0 spiro atoms. The van der Waals surface area contributed by atoms with Crippen molar-refractivity contribution in [2.24, 2.45) is 0 Å². The molecule has 0 unspecified atom stereocenters. The Balaban J connectivity index is 1.48. The van der Waals surface area contributed by atoms with Gasteiger partial charge in [-0.05, 0) is 51.2 Å². The molecule has 1 amide bonds. The molecule has 27 heavy (non-hydrogen) atoms. The summed E-state index contributed by atoms with van der Waals surface area (Å²) in [5.41, 5.74) is 2.63. The van der Waals surface area contributed by atoms with Gasteiger partial charge in [0.2, 0.25) is 5.91 Å².